The summed E-state index contributed by atoms with van der Waals surface area (Å²) in [6.07, 6.45) is 60.5. The molecular formula is C76H144O17P2. The zero-order valence-electron chi connectivity index (χ0n) is 61.3. The van der Waals surface area contributed by atoms with E-state index in [-0.39, 0.29) is 25.7 Å². The molecule has 95 heavy (non-hydrogen) atoms. The molecule has 0 fully saturated rings. The fourth-order valence-electron chi connectivity index (χ4n) is 11.2. The molecule has 5 atom stereocenters. The zero-order chi connectivity index (χ0) is 69.8. The summed E-state index contributed by atoms with van der Waals surface area (Å²) in [6.45, 7) is 7.15. The van der Waals surface area contributed by atoms with E-state index in [1.54, 1.807) is 0 Å². The third-order valence-corrected chi connectivity index (χ3v) is 19.1. The summed E-state index contributed by atoms with van der Waals surface area (Å²) >= 11 is 0. The van der Waals surface area contributed by atoms with Crippen molar-refractivity contribution in [3.8, 4) is 0 Å². The minimum atomic E-state index is -4.96. The van der Waals surface area contributed by atoms with Gasteiger partial charge >= 0.3 is 39.5 Å². The van der Waals surface area contributed by atoms with E-state index in [1.807, 2.05) is 0 Å². The van der Waals surface area contributed by atoms with Crippen LogP contribution in [0.3, 0.4) is 0 Å². The van der Waals surface area contributed by atoms with Gasteiger partial charge in [-0.25, -0.2) is 9.13 Å². The van der Waals surface area contributed by atoms with E-state index in [2.05, 4.69) is 58.9 Å². The second-order valence-corrected chi connectivity index (χ2v) is 30.1. The fraction of sp³-hybridized carbons (Fsp3) is 0.895. The van der Waals surface area contributed by atoms with Gasteiger partial charge in [0.1, 0.15) is 19.3 Å². The largest absolute Gasteiger partial charge is 0.472 e. The number of unbranched alkanes of at least 4 members (excludes halogenated alkanes) is 43. The maximum absolute atomic E-state index is 13.1. The molecule has 0 aromatic rings. The lowest BCUT2D eigenvalue weighted by atomic mass is 10.0. The van der Waals surface area contributed by atoms with Crippen molar-refractivity contribution in [1.29, 1.82) is 0 Å². The minimum absolute atomic E-state index is 0.102. The fourth-order valence-corrected chi connectivity index (χ4v) is 12.7. The van der Waals surface area contributed by atoms with Crippen molar-refractivity contribution < 1.29 is 80.2 Å². The van der Waals surface area contributed by atoms with Crippen molar-refractivity contribution in [2.24, 2.45) is 5.92 Å². The number of carbonyl (C=O) groups is 4. The lowest BCUT2D eigenvalue weighted by Crippen LogP contribution is -2.30. The Morgan fingerprint density at radius 3 is 0.863 bits per heavy atom. The summed E-state index contributed by atoms with van der Waals surface area (Å²) in [5.74, 6) is -1.47. The van der Waals surface area contributed by atoms with Crippen LogP contribution < -0.4 is 0 Å². The van der Waals surface area contributed by atoms with E-state index in [4.69, 9.17) is 37.0 Å². The minimum Gasteiger partial charge on any atom is -0.462 e. The van der Waals surface area contributed by atoms with Gasteiger partial charge in [-0.15, -0.1) is 0 Å². The average Bonchev–Trinajstić information content (AvgIpc) is 2.26. The molecule has 0 radical (unpaired) electrons. The SMILES string of the molecule is CCCCCC/C=C\C=C/CCCCCCCC(=O)OC[C@H](COP(=O)(O)OC[C@@H](O)COP(=O)(O)OC[C@@H](COC(=O)CCCCCCCCC(C)C)OC(=O)CCCCCCCCCCCCCCCC)OC(=O)CCCCCCCCCCCCCCCCCCC. The number of ether oxygens (including phenoxy) is 4. The predicted molar refractivity (Wildman–Crippen MR) is 386 cm³/mol. The average molecular weight is 1390 g/mol. The predicted octanol–water partition coefficient (Wildman–Crippen LogP) is 22.0. The van der Waals surface area contributed by atoms with Gasteiger partial charge in [0.2, 0.25) is 0 Å². The van der Waals surface area contributed by atoms with Gasteiger partial charge in [0.15, 0.2) is 12.2 Å². The standard InChI is InChI=1S/C76H144O17P2/c1-6-9-12-15-18-21-24-27-30-31-33-36-39-42-45-52-57-62-75(80)92-71(65-86-73(78)59-54-49-43-40-37-35-32-28-25-22-19-16-13-10-7-2)67-90-94(82,83)88-63-70(77)64-89-95(84,85)91-68-72(66-87-74(79)60-55-50-47-46-48-53-58-69(4)5)93-76(81)61-56-51-44-41-38-34-29-26-23-20-17-14-11-8-3/h22,25,28,32,69-72,77H,6-21,23-24,26-27,29-31,33-68H2,1-5H3,(H,82,83)(H,84,85)/b25-22-,32-28-/t70-,71-,72-/m1/s1. The molecule has 0 aliphatic heterocycles. The molecule has 0 aliphatic carbocycles. The molecule has 17 nitrogen and oxygen atoms in total. The molecular weight excluding hydrogens is 1250 g/mol. The van der Waals surface area contributed by atoms with Crippen molar-refractivity contribution >= 4 is 39.5 Å². The second-order valence-electron chi connectivity index (χ2n) is 27.2. The highest BCUT2D eigenvalue weighted by Gasteiger charge is 2.30. The topological polar surface area (TPSA) is 237 Å². The molecule has 0 rings (SSSR count). The summed E-state index contributed by atoms with van der Waals surface area (Å²) in [4.78, 5) is 72.8. The summed E-state index contributed by atoms with van der Waals surface area (Å²) in [6, 6.07) is 0. The van der Waals surface area contributed by atoms with E-state index in [0.29, 0.717) is 31.6 Å². The molecule has 0 saturated heterocycles. The van der Waals surface area contributed by atoms with E-state index < -0.39 is 97.5 Å². The van der Waals surface area contributed by atoms with Crippen LogP contribution >= 0.6 is 15.6 Å². The van der Waals surface area contributed by atoms with Crippen molar-refractivity contribution in [2.75, 3.05) is 39.6 Å². The normalized spacial score (nSPS) is 14.1. The molecule has 0 saturated carbocycles. The van der Waals surface area contributed by atoms with Crippen LogP contribution in [0.2, 0.25) is 0 Å². The number of aliphatic hydroxyl groups excluding tert-OH is 1. The third-order valence-electron chi connectivity index (χ3n) is 17.2. The molecule has 0 aromatic heterocycles. The summed E-state index contributed by atoms with van der Waals surface area (Å²) < 4.78 is 68.5. The van der Waals surface area contributed by atoms with Gasteiger partial charge in [-0.05, 0) is 57.3 Å². The number of phosphoric acid groups is 2. The molecule has 0 amide bonds. The van der Waals surface area contributed by atoms with Gasteiger partial charge in [-0.3, -0.25) is 37.3 Å². The first-order valence-corrected chi connectivity index (χ1v) is 41.9. The molecule has 3 N–H and O–H groups in total. The Kier molecular flexibility index (Phi) is 66.9. The maximum Gasteiger partial charge on any atom is 0.472 e. The van der Waals surface area contributed by atoms with Gasteiger partial charge in [0.25, 0.3) is 0 Å². The Labute approximate surface area is 580 Å². The van der Waals surface area contributed by atoms with Gasteiger partial charge in [-0.1, -0.05) is 322 Å². The molecule has 0 aliphatic rings. The van der Waals surface area contributed by atoms with Gasteiger partial charge < -0.3 is 33.8 Å². The molecule has 0 aromatic carbocycles. The zero-order valence-corrected chi connectivity index (χ0v) is 63.1. The van der Waals surface area contributed by atoms with Gasteiger partial charge in [0.05, 0.1) is 26.4 Å². The number of hydrogen-bond donors (Lipinski definition) is 3. The molecule has 560 valence electrons. The van der Waals surface area contributed by atoms with Crippen LogP contribution in [0.5, 0.6) is 0 Å². The molecule has 2 unspecified atom stereocenters. The highest BCUT2D eigenvalue weighted by molar-refractivity contribution is 7.47. The van der Waals surface area contributed by atoms with Crippen LogP contribution in [0.15, 0.2) is 24.3 Å². The molecule has 0 bridgehead atoms. The first-order chi connectivity index (χ1) is 46.0. The first kappa shape index (κ1) is 92.5. The summed E-state index contributed by atoms with van der Waals surface area (Å²) in [5.41, 5.74) is 0. The number of hydrogen-bond acceptors (Lipinski definition) is 15. The lowest BCUT2D eigenvalue weighted by Gasteiger charge is -2.21. The Hall–Kier alpha value is -2.46. The molecule has 0 spiro atoms. The van der Waals surface area contributed by atoms with Crippen LogP contribution in [0.25, 0.3) is 0 Å². The van der Waals surface area contributed by atoms with E-state index in [1.165, 1.54) is 173 Å². The number of allylic oxidation sites excluding steroid dienone is 4. The van der Waals surface area contributed by atoms with Crippen LogP contribution in [0.1, 0.15) is 375 Å². The number of esters is 4. The Morgan fingerprint density at radius 2 is 0.568 bits per heavy atom. The van der Waals surface area contributed by atoms with E-state index in [9.17, 15) is 43.2 Å². The monoisotopic (exact) mass is 1390 g/mol. The van der Waals surface area contributed by atoms with Crippen LogP contribution in [-0.4, -0.2) is 96.7 Å². The van der Waals surface area contributed by atoms with Gasteiger partial charge in [-0.2, -0.15) is 0 Å². The van der Waals surface area contributed by atoms with Crippen LogP contribution in [-0.2, 0) is 65.4 Å². The van der Waals surface area contributed by atoms with Crippen LogP contribution in [0, 0.1) is 5.92 Å². The Morgan fingerprint density at radius 1 is 0.326 bits per heavy atom. The van der Waals surface area contributed by atoms with Crippen molar-refractivity contribution in [1.82, 2.24) is 0 Å². The van der Waals surface area contributed by atoms with E-state index >= 15 is 0 Å². The number of carbonyl (C=O) groups excluding carboxylic acids is 4. The first-order valence-electron chi connectivity index (χ1n) is 39.0. The highest BCUT2D eigenvalue weighted by atomic mass is 31.2. The second kappa shape index (κ2) is 68.7. The van der Waals surface area contributed by atoms with Crippen LogP contribution in [0.4, 0.5) is 0 Å². The Balaban J connectivity index is 5.27. The van der Waals surface area contributed by atoms with Crippen molar-refractivity contribution in [3.63, 3.8) is 0 Å². The maximum atomic E-state index is 13.1. The van der Waals surface area contributed by atoms with Crippen molar-refractivity contribution in [3.05, 3.63) is 24.3 Å². The molecule has 19 heteroatoms. The quantitative estimate of drug-likeness (QED) is 0.0169. The third kappa shape index (κ3) is 69.8. The Bertz CT molecular complexity index is 1920. The number of phosphoric ester groups is 2. The van der Waals surface area contributed by atoms with Crippen molar-refractivity contribution in [2.45, 2.75) is 393 Å². The number of aliphatic hydroxyl groups is 1. The molecule has 0 heterocycles. The number of rotatable bonds is 74. The van der Waals surface area contributed by atoms with E-state index in [0.717, 1.165) is 116 Å². The summed E-state index contributed by atoms with van der Waals surface area (Å²) in [5, 5.41) is 10.6. The smallest absolute Gasteiger partial charge is 0.462 e. The highest BCUT2D eigenvalue weighted by Crippen LogP contribution is 2.45. The summed E-state index contributed by atoms with van der Waals surface area (Å²) in [7, 11) is -9.92. The lowest BCUT2D eigenvalue weighted by molar-refractivity contribution is -0.161. The van der Waals surface area contributed by atoms with Gasteiger partial charge in [0, 0.05) is 25.7 Å².